The molecule has 2 aromatic carbocycles. The van der Waals surface area contributed by atoms with E-state index in [1.54, 1.807) is 12.1 Å². The average Bonchev–Trinajstić information content (AvgIpc) is 3.58. The molecular weight excluding hydrogens is 460 g/mol. The van der Waals surface area contributed by atoms with Crippen molar-refractivity contribution < 1.29 is 9.32 Å². The first-order chi connectivity index (χ1) is 17.4. The van der Waals surface area contributed by atoms with Gasteiger partial charge < -0.3 is 9.42 Å². The lowest BCUT2D eigenvalue weighted by molar-refractivity contribution is -0.130. The molecule has 0 bridgehead atoms. The minimum absolute atomic E-state index is 0.0233. The van der Waals surface area contributed by atoms with Gasteiger partial charge in [0.1, 0.15) is 0 Å². The predicted octanol–water partition coefficient (Wildman–Crippen LogP) is 2.24. The maximum atomic E-state index is 12.8. The Morgan fingerprint density at radius 2 is 1.83 bits per heavy atom. The Hall–Kier alpha value is -4.34. The van der Waals surface area contributed by atoms with E-state index in [0.717, 1.165) is 21.2 Å². The molecule has 1 amide bonds. The molecule has 1 atom stereocenters. The topological polar surface area (TPSA) is 116 Å². The standard InChI is InChI=1S/C26H26N6O4/c1-17-8-10-20(11-9-17)32-26(35)30(2)25(34)23(28-32)24-27-21(36-29-24)12-13-22(33)31-15-14-19(16-31)18-6-4-3-5-7-18/h3-11,19H,12-16H2,1-2H3/t19-/m1/s1. The van der Waals surface area contributed by atoms with E-state index in [9.17, 15) is 14.4 Å². The molecule has 1 saturated heterocycles. The van der Waals surface area contributed by atoms with Gasteiger partial charge in [-0.15, -0.1) is 0 Å². The lowest BCUT2D eigenvalue weighted by atomic mass is 9.99. The quantitative estimate of drug-likeness (QED) is 0.410. The number of rotatable bonds is 6. The maximum Gasteiger partial charge on any atom is 0.351 e. The Morgan fingerprint density at radius 3 is 2.58 bits per heavy atom. The van der Waals surface area contributed by atoms with E-state index in [2.05, 4.69) is 27.4 Å². The number of aryl methyl sites for hydroxylation is 2. The monoisotopic (exact) mass is 486 g/mol. The van der Waals surface area contributed by atoms with Crippen LogP contribution in [0.5, 0.6) is 0 Å². The molecule has 1 aliphatic rings. The first-order valence-corrected chi connectivity index (χ1v) is 11.8. The van der Waals surface area contributed by atoms with Crippen molar-refractivity contribution >= 4 is 5.91 Å². The van der Waals surface area contributed by atoms with E-state index in [1.807, 2.05) is 42.2 Å². The summed E-state index contributed by atoms with van der Waals surface area (Å²) in [6.45, 7) is 3.34. The fourth-order valence-corrected chi connectivity index (χ4v) is 4.38. The molecule has 0 spiro atoms. The van der Waals surface area contributed by atoms with Crippen molar-refractivity contribution in [3.8, 4) is 17.2 Å². The lowest BCUT2D eigenvalue weighted by Gasteiger charge is -2.16. The summed E-state index contributed by atoms with van der Waals surface area (Å²) in [5, 5.41) is 8.11. The molecule has 184 valence electrons. The Balaban J connectivity index is 1.29. The first kappa shape index (κ1) is 23.4. The fraction of sp³-hybridized carbons (Fsp3) is 0.308. The van der Waals surface area contributed by atoms with Crippen LogP contribution in [0.1, 0.15) is 35.8 Å². The molecule has 0 N–H and O–H groups in total. The van der Waals surface area contributed by atoms with Crippen molar-refractivity contribution in [2.45, 2.75) is 32.1 Å². The van der Waals surface area contributed by atoms with Crippen LogP contribution in [0.4, 0.5) is 0 Å². The largest absolute Gasteiger partial charge is 0.351 e. The summed E-state index contributed by atoms with van der Waals surface area (Å²) in [5.41, 5.74) is 1.46. The Labute approximate surface area is 206 Å². The molecule has 10 heteroatoms. The Morgan fingerprint density at radius 1 is 1.08 bits per heavy atom. The van der Waals surface area contributed by atoms with Crippen LogP contribution in [-0.4, -0.2) is 48.4 Å². The van der Waals surface area contributed by atoms with Gasteiger partial charge in [0.25, 0.3) is 5.56 Å². The van der Waals surface area contributed by atoms with Crippen LogP contribution in [0.3, 0.4) is 0 Å². The molecular formula is C26H26N6O4. The van der Waals surface area contributed by atoms with E-state index in [-0.39, 0.29) is 36.2 Å². The smallest absolute Gasteiger partial charge is 0.342 e. The number of carbonyl (C=O) groups excluding carboxylic acids is 1. The van der Waals surface area contributed by atoms with Crippen molar-refractivity contribution in [3.05, 3.63) is 92.5 Å². The molecule has 1 fully saturated rings. The third kappa shape index (κ3) is 4.61. The SMILES string of the molecule is Cc1ccc(-n2nc(-c3noc(CCC(=O)N4CC[C@@H](c5ccccc5)C4)n3)c(=O)n(C)c2=O)cc1. The van der Waals surface area contributed by atoms with Crippen LogP contribution >= 0.6 is 0 Å². The van der Waals surface area contributed by atoms with Crippen LogP contribution in [-0.2, 0) is 18.3 Å². The van der Waals surface area contributed by atoms with Gasteiger partial charge in [-0.3, -0.25) is 14.2 Å². The third-order valence-corrected chi connectivity index (χ3v) is 6.50. The third-order valence-electron chi connectivity index (χ3n) is 6.50. The summed E-state index contributed by atoms with van der Waals surface area (Å²) < 4.78 is 7.39. The van der Waals surface area contributed by atoms with E-state index < -0.39 is 11.2 Å². The van der Waals surface area contributed by atoms with Crippen molar-refractivity contribution in [1.29, 1.82) is 0 Å². The Bertz CT molecular complexity index is 1500. The number of amides is 1. The second-order valence-corrected chi connectivity index (χ2v) is 8.99. The van der Waals surface area contributed by atoms with Gasteiger partial charge in [-0.2, -0.15) is 14.8 Å². The zero-order chi connectivity index (χ0) is 25.2. The minimum atomic E-state index is -0.629. The van der Waals surface area contributed by atoms with E-state index >= 15 is 0 Å². The van der Waals surface area contributed by atoms with Crippen LogP contribution in [0, 0.1) is 6.92 Å². The predicted molar refractivity (Wildman–Crippen MR) is 132 cm³/mol. The zero-order valence-corrected chi connectivity index (χ0v) is 20.1. The van der Waals surface area contributed by atoms with Gasteiger partial charge >= 0.3 is 5.69 Å². The minimum Gasteiger partial charge on any atom is -0.342 e. The molecule has 0 aliphatic carbocycles. The van der Waals surface area contributed by atoms with Crippen molar-refractivity contribution in [3.63, 3.8) is 0 Å². The molecule has 4 aromatic rings. The first-order valence-electron chi connectivity index (χ1n) is 11.8. The van der Waals surface area contributed by atoms with Crippen molar-refractivity contribution in [2.24, 2.45) is 7.05 Å². The van der Waals surface area contributed by atoms with Gasteiger partial charge in [0, 0.05) is 38.9 Å². The number of carbonyl (C=O) groups is 1. The normalized spacial score (nSPS) is 15.4. The average molecular weight is 487 g/mol. The summed E-state index contributed by atoms with van der Waals surface area (Å²) in [6.07, 6.45) is 1.40. The second kappa shape index (κ2) is 9.73. The molecule has 0 saturated carbocycles. The van der Waals surface area contributed by atoms with E-state index in [1.165, 1.54) is 12.6 Å². The number of likely N-dealkylation sites (tertiary alicyclic amines) is 1. The molecule has 36 heavy (non-hydrogen) atoms. The number of hydrogen-bond acceptors (Lipinski definition) is 7. The number of benzene rings is 2. The van der Waals surface area contributed by atoms with Crippen molar-refractivity contribution in [2.75, 3.05) is 13.1 Å². The summed E-state index contributed by atoms with van der Waals surface area (Å²) >= 11 is 0. The van der Waals surface area contributed by atoms with E-state index in [4.69, 9.17) is 4.52 Å². The summed E-state index contributed by atoms with van der Waals surface area (Å²) in [6, 6.07) is 17.4. The number of nitrogens with zero attached hydrogens (tertiary/aromatic N) is 6. The highest BCUT2D eigenvalue weighted by atomic mass is 16.5. The molecule has 5 rings (SSSR count). The fourth-order valence-electron chi connectivity index (χ4n) is 4.38. The highest BCUT2D eigenvalue weighted by Gasteiger charge is 2.27. The molecule has 2 aromatic heterocycles. The zero-order valence-electron chi connectivity index (χ0n) is 20.1. The molecule has 0 unspecified atom stereocenters. The van der Waals surface area contributed by atoms with Gasteiger partial charge in [0.05, 0.1) is 5.69 Å². The number of aromatic nitrogens is 5. The van der Waals surface area contributed by atoms with Crippen molar-refractivity contribution in [1.82, 2.24) is 29.4 Å². The van der Waals surface area contributed by atoms with Crippen LogP contribution in [0.15, 0.2) is 68.7 Å². The second-order valence-electron chi connectivity index (χ2n) is 8.99. The lowest BCUT2D eigenvalue weighted by Crippen LogP contribution is -2.40. The van der Waals surface area contributed by atoms with Crippen LogP contribution < -0.4 is 11.2 Å². The van der Waals surface area contributed by atoms with Gasteiger partial charge in [-0.25, -0.2) is 4.79 Å². The maximum absolute atomic E-state index is 12.8. The highest BCUT2D eigenvalue weighted by Crippen LogP contribution is 2.27. The highest BCUT2D eigenvalue weighted by molar-refractivity contribution is 5.76. The summed E-state index contributed by atoms with van der Waals surface area (Å²) in [7, 11) is 1.37. The summed E-state index contributed by atoms with van der Waals surface area (Å²) in [4.78, 5) is 44.3. The Kier molecular flexibility index (Phi) is 6.32. The molecule has 0 radical (unpaired) electrons. The van der Waals surface area contributed by atoms with Gasteiger partial charge in [0.15, 0.2) is 5.69 Å². The van der Waals surface area contributed by atoms with Gasteiger partial charge in [0.2, 0.25) is 17.6 Å². The van der Waals surface area contributed by atoms with Crippen LogP contribution in [0.2, 0.25) is 0 Å². The molecule has 10 nitrogen and oxygen atoms in total. The van der Waals surface area contributed by atoms with E-state index in [0.29, 0.717) is 24.7 Å². The molecule has 3 heterocycles. The number of hydrogen-bond donors (Lipinski definition) is 0. The van der Waals surface area contributed by atoms with Crippen LogP contribution in [0.25, 0.3) is 17.2 Å². The summed E-state index contributed by atoms with van der Waals surface area (Å²) in [5.74, 6) is 0.574. The van der Waals surface area contributed by atoms with Gasteiger partial charge in [-0.05, 0) is 31.0 Å². The molecule has 1 aliphatic heterocycles. The van der Waals surface area contributed by atoms with Gasteiger partial charge in [-0.1, -0.05) is 53.2 Å².